The number of anilines is 1. The van der Waals surface area contributed by atoms with Crippen molar-refractivity contribution in [3.05, 3.63) is 63.6 Å². The third kappa shape index (κ3) is 3.81. The van der Waals surface area contributed by atoms with Crippen LogP contribution in [-0.2, 0) is 11.2 Å². The van der Waals surface area contributed by atoms with Crippen LogP contribution in [0.2, 0.25) is 0 Å². The molecule has 110 valence electrons. The third-order valence-electron chi connectivity index (χ3n) is 2.64. The topological polar surface area (TPSA) is 29.1 Å². The normalized spacial score (nSPS) is 10.5. The second kappa shape index (κ2) is 6.26. The average Bonchev–Trinajstić information content (AvgIpc) is 2.37. The molecule has 0 bridgehead atoms. The second-order valence-corrected chi connectivity index (χ2v) is 5.12. The Balaban J connectivity index is 2.16. The number of hydrogen-bond donors (Lipinski definition) is 1. The maximum atomic E-state index is 13.5. The number of rotatable bonds is 3. The summed E-state index contributed by atoms with van der Waals surface area (Å²) in [4.78, 5) is 11.7. The zero-order valence-electron chi connectivity index (χ0n) is 10.4. The van der Waals surface area contributed by atoms with Crippen molar-refractivity contribution in [1.29, 1.82) is 0 Å². The molecule has 0 aliphatic heterocycles. The van der Waals surface area contributed by atoms with E-state index in [1.807, 2.05) is 5.32 Å². The van der Waals surface area contributed by atoms with E-state index in [0.29, 0.717) is 6.07 Å². The highest BCUT2D eigenvalue weighted by molar-refractivity contribution is 9.10. The fraction of sp³-hybridized carbons (Fsp3) is 0.0714. The molecule has 0 radical (unpaired) electrons. The largest absolute Gasteiger partial charge is 0.321 e. The molecule has 2 nitrogen and oxygen atoms in total. The molecule has 1 N–H and O–H groups in total. The van der Waals surface area contributed by atoms with Gasteiger partial charge in [0.2, 0.25) is 5.91 Å². The predicted molar refractivity (Wildman–Crippen MR) is 72.7 cm³/mol. The van der Waals surface area contributed by atoms with Gasteiger partial charge in [-0.15, -0.1) is 0 Å². The van der Waals surface area contributed by atoms with Gasteiger partial charge in [-0.25, -0.2) is 17.6 Å². The molecule has 0 heterocycles. The van der Waals surface area contributed by atoms with E-state index in [-0.39, 0.29) is 10.0 Å². The van der Waals surface area contributed by atoms with Crippen molar-refractivity contribution in [2.24, 2.45) is 0 Å². The Bertz CT molecular complexity index is 682. The first-order valence-corrected chi connectivity index (χ1v) is 6.54. The van der Waals surface area contributed by atoms with Crippen molar-refractivity contribution in [3.63, 3.8) is 0 Å². The summed E-state index contributed by atoms with van der Waals surface area (Å²) in [5.41, 5.74) is -0.697. The lowest BCUT2D eigenvalue weighted by molar-refractivity contribution is -0.115. The average molecular weight is 362 g/mol. The lowest BCUT2D eigenvalue weighted by Crippen LogP contribution is -2.17. The number of nitrogens with one attached hydrogen (secondary N) is 1. The van der Waals surface area contributed by atoms with Gasteiger partial charge in [0.1, 0.15) is 17.3 Å². The van der Waals surface area contributed by atoms with Crippen LogP contribution in [0.25, 0.3) is 0 Å². The molecule has 2 aromatic rings. The van der Waals surface area contributed by atoms with Crippen molar-refractivity contribution in [2.45, 2.75) is 6.42 Å². The first-order valence-electron chi connectivity index (χ1n) is 5.75. The smallest absolute Gasteiger partial charge is 0.229 e. The number of hydrogen-bond acceptors (Lipinski definition) is 1. The van der Waals surface area contributed by atoms with Gasteiger partial charge in [0.25, 0.3) is 0 Å². The molecule has 7 heteroatoms. The number of benzene rings is 2. The number of carbonyl (C=O) groups excluding carboxylic acids is 1. The van der Waals surface area contributed by atoms with Gasteiger partial charge in [-0.2, -0.15) is 0 Å². The molecular formula is C14H8BrF4NO. The Morgan fingerprint density at radius 3 is 2.19 bits per heavy atom. The summed E-state index contributed by atoms with van der Waals surface area (Å²) in [7, 11) is 0. The van der Waals surface area contributed by atoms with Gasteiger partial charge in [-0.3, -0.25) is 4.79 Å². The van der Waals surface area contributed by atoms with Crippen molar-refractivity contribution in [1.82, 2.24) is 0 Å². The zero-order chi connectivity index (χ0) is 15.6. The highest BCUT2D eigenvalue weighted by Gasteiger charge is 2.15. The Hall–Kier alpha value is -1.89. The molecule has 0 aromatic heterocycles. The minimum atomic E-state index is -0.963. The van der Waals surface area contributed by atoms with Gasteiger partial charge >= 0.3 is 0 Å². The maximum Gasteiger partial charge on any atom is 0.229 e. The number of halogens is 5. The Morgan fingerprint density at radius 1 is 1.00 bits per heavy atom. The van der Waals surface area contributed by atoms with Gasteiger partial charge in [-0.05, 0) is 23.8 Å². The molecule has 0 spiro atoms. The fourth-order valence-corrected chi connectivity index (χ4v) is 2.09. The quantitative estimate of drug-likeness (QED) is 0.816. The Labute approximate surface area is 125 Å². The van der Waals surface area contributed by atoms with Crippen molar-refractivity contribution >= 4 is 27.5 Å². The van der Waals surface area contributed by atoms with E-state index in [1.54, 1.807) is 0 Å². The second-order valence-electron chi connectivity index (χ2n) is 4.21. The van der Waals surface area contributed by atoms with E-state index in [9.17, 15) is 22.4 Å². The predicted octanol–water partition coefficient (Wildman–Crippen LogP) is 4.19. The summed E-state index contributed by atoms with van der Waals surface area (Å²) < 4.78 is 53.4. The summed E-state index contributed by atoms with van der Waals surface area (Å²) in [5.74, 6) is -4.42. The molecule has 1 amide bonds. The summed E-state index contributed by atoms with van der Waals surface area (Å²) in [6.45, 7) is 0. The summed E-state index contributed by atoms with van der Waals surface area (Å²) in [5, 5.41) is 2.03. The van der Waals surface area contributed by atoms with Gasteiger partial charge in [0.15, 0.2) is 11.6 Å². The van der Waals surface area contributed by atoms with Gasteiger partial charge in [0, 0.05) is 10.5 Å². The van der Waals surface area contributed by atoms with Crippen LogP contribution in [0, 0.1) is 23.3 Å². The molecule has 0 unspecified atom stereocenters. The van der Waals surface area contributed by atoms with E-state index in [4.69, 9.17) is 0 Å². The molecule has 0 atom stereocenters. The first kappa shape index (κ1) is 15.5. The summed E-state index contributed by atoms with van der Waals surface area (Å²) in [6, 6.07) is 4.68. The van der Waals surface area contributed by atoms with Crippen LogP contribution in [0.5, 0.6) is 0 Å². The maximum absolute atomic E-state index is 13.5. The monoisotopic (exact) mass is 361 g/mol. The van der Waals surface area contributed by atoms with Crippen LogP contribution in [-0.4, -0.2) is 5.91 Å². The summed E-state index contributed by atoms with van der Waals surface area (Å²) in [6.07, 6.45) is -0.471. The highest BCUT2D eigenvalue weighted by Crippen LogP contribution is 2.24. The fourth-order valence-electron chi connectivity index (χ4n) is 1.68. The van der Waals surface area contributed by atoms with E-state index in [2.05, 4.69) is 15.9 Å². The van der Waals surface area contributed by atoms with Crippen LogP contribution in [0.3, 0.4) is 0 Å². The molecule has 0 aliphatic rings. The van der Waals surface area contributed by atoms with Gasteiger partial charge in [0.05, 0.1) is 6.42 Å². The molecular weight excluding hydrogens is 354 g/mol. The molecule has 2 aromatic carbocycles. The van der Waals surface area contributed by atoms with Crippen LogP contribution in [0.1, 0.15) is 5.56 Å². The number of amides is 1. The van der Waals surface area contributed by atoms with Gasteiger partial charge in [-0.1, -0.05) is 22.0 Å². The van der Waals surface area contributed by atoms with Crippen molar-refractivity contribution in [2.75, 3.05) is 5.32 Å². The van der Waals surface area contributed by atoms with Crippen LogP contribution in [0.4, 0.5) is 23.2 Å². The minimum Gasteiger partial charge on any atom is -0.321 e. The van der Waals surface area contributed by atoms with Crippen LogP contribution in [0.15, 0.2) is 34.8 Å². The number of carbonyl (C=O) groups is 1. The van der Waals surface area contributed by atoms with E-state index < -0.39 is 41.3 Å². The van der Waals surface area contributed by atoms with Crippen molar-refractivity contribution < 1.29 is 22.4 Å². The molecule has 0 aliphatic carbocycles. The van der Waals surface area contributed by atoms with E-state index in [0.717, 1.165) is 24.3 Å². The lowest BCUT2D eigenvalue weighted by Gasteiger charge is -2.08. The minimum absolute atomic E-state index is 0.0770. The molecule has 0 fully saturated rings. The lowest BCUT2D eigenvalue weighted by atomic mass is 10.1. The third-order valence-corrected chi connectivity index (χ3v) is 3.10. The standard InChI is InChI=1S/C14H8BrF4NO/c15-8-4-11(18)14(12(19)5-8)20-13(21)3-7-1-2-9(16)6-10(7)17/h1-2,4-6H,3H2,(H,20,21). The Morgan fingerprint density at radius 2 is 1.62 bits per heavy atom. The van der Waals surface area contributed by atoms with E-state index >= 15 is 0 Å². The van der Waals surface area contributed by atoms with Gasteiger partial charge < -0.3 is 5.32 Å². The SMILES string of the molecule is O=C(Cc1ccc(F)cc1F)Nc1c(F)cc(Br)cc1F. The summed E-state index contributed by atoms with van der Waals surface area (Å²) >= 11 is 2.91. The molecule has 0 saturated heterocycles. The van der Waals surface area contributed by atoms with Crippen LogP contribution >= 0.6 is 15.9 Å². The Kier molecular flexibility index (Phi) is 4.62. The van der Waals surface area contributed by atoms with Crippen molar-refractivity contribution in [3.8, 4) is 0 Å². The molecule has 2 rings (SSSR count). The first-order chi connectivity index (χ1) is 9.86. The highest BCUT2D eigenvalue weighted by atomic mass is 79.9. The van der Waals surface area contributed by atoms with E-state index in [1.165, 1.54) is 0 Å². The van der Waals surface area contributed by atoms with Crippen LogP contribution < -0.4 is 5.32 Å². The molecule has 0 saturated carbocycles. The zero-order valence-corrected chi connectivity index (χ0v) is 12.0. The molecule has 21 heavy (non-hydrogen) atoms.